The Bertz CT molecular complexity index is 495. The van der Waals surface area contributed by atoms with Gasteiger partial charge in [-0.2, -0.15) is 0 Å². The van der Waals surface area contributed by atoms with Gasteiger partial charge in [-0.15, -0.1) is 0 Å². The highest BCUT2D eigenvalue weighted by Gasteiger charge is 2.24. The molecule has 1 aromatic carbocycles. The van der Waals surface area contributed by atoms with Crippen LogP contribution in [0.25, 0.3) is 0 Å². The third-order valence-corrected chi connectivity index (χ3v) is 3.56. The van der Waals surface area contributed by atoms with Crippen molar-refractivity contribution in [2.45, 2.75) is 12.8 Å². The number of halogens is 2. The molecule has 1 saturated heterocycles. The summed E-state index contributed by atoms with van der Waals surface area (Å²) in [6.07, 6.45) is 1.05. The van der Waals surface area contributed by atoms with Gasteiger partial charge < -0.3 is 10.1 Å². The van der Waals surface area contributed by atoms with E-state index in [1.165, 1.54) is 6.07 Å². The Hall–Kier alpha value is -1.43. The van der Waals surface area contributed by atoms with Crippen LogP contribution in [0.4, 0.5) is 4.39 Å². The van der Waals surface area contributed by atoms with Crippen molar-refractivity contribution in [2.24, 2.45) is 5.16 Å². The monoisotopic (exact) mass is 314 g/mol. The first-order chi connectivity index (χ1) is 8.63. The highest BCUT2D eigenvalue weighted by molar-refractivity contribution is 9.10. The molecule has 1 aliphatic rings. The predicted molar refractivity (Wildman–Crippen MR) is 68.5 cm³/mol. The number of hydrogen-bond donors (Lipinski definition) is 1. The zero-order valence-corrected chi connectivity index (χ0v) is 11.2. The standard InChI is InChI=1S/C12H12BrFN2O2/c13-10-3-1-2-9(11(10)14)12(17)16-6-4-8(15-18)5-7-16/h1-3,18H,4-7H2. The third-order valence-electron chi connectivity index (χ3n) is 2.95. The number of piperidine rings is 1. The van der Waals surface area contributed by atoms with Gasteiger partial charge in [-0.25, -0.2) is 4.39 Å². The topological polar surface area (TPSA) is 52.9 Å². The maximum absolute atomic E-state index is 13.8. The van der Waals surface area contributed by atoms with Crippen molar-refractivity contribution in [3.63, 3.8) is 0 Å². The Kier molecular flexibility index (Phi) is 3.96. The van der Waals surface area contributed by atoms with Gasteiger partial charge in [0.25, 0.3) is 5.91 Å². The minimum absolute atomic E-state index is 0.0637. The number of rotatable bonds is 1. The zero-order valence-electron chi connectivity index (χ0n) is 9.57. The van der Waals surface area contributed by atoms with E-state index >= 15 is 0 Å². The minimum Gasteiger partial charge on any atom is -0.411 e. The van der Waals surface area contributed by atoms with Crippen LogP contribution >= 0.6 is 15.9 Å². The zero-order chi connectivity index (χ0) is 13.1. The van der Waals surface area contributed by atoms with Crippen molar-refractivity contribution in [3.8, 4) is 0 Å². The molecule has 4 nitrogen and oxygen atoms in total. The van der Waals surface area contributed by atoms with E-state index in [9.17, 15) is 9.18 Å². The molecule has 2 rings (SSSR count). The van der Waals surface area contributed by atoms with Gasteiger partial charge in [0.15, 0.2) is 0 Å². The molecule has 0 bridgehead atoms. The summed E-state index contributed by atoms with van der Waals surface area (Å²) in [6.45, 7) is 0.897. The molecular formula is C12H12BrFN2O2. The molecule has 1 heterocycles. The quantitative estimate of drug-likeness (QED) is 0.640. The Balaban J connectivity index is 2.15. The first-order valence-electron chi connectivity index (χ1n) is 5.56. The average molecular weight is 315 g/mol. The molecule has 0 saturated carbocycles. The van der Waals surface area contributed by atoms with Crippen LogP contribution in [0, 0.1) is 5.82 Å². The maximum Gasteiger partial charge on any atom is 0.256 e. The Morgan fingerprint density at radius 3 is 2.67 bits per heavy atom. The van der Waals surface area contributed by atoms with Crippen molar-refractivity contribution in [2.75, 3.05) is 13.1 Å². The summed E-state index contributed by atoms with van der Waals surface area (Å²) < 4.78 is 14.1. The molecule has 1 aliphatic heterocycles. The molecule has 0 atom stereocenters. The number of carbonyl (C=O) groups is 1. The van der Waals surface area contributed by atoms with Crippen molar-refractivity contribution in [3.05, 3.63) is 34.1 Å². The van der Waals surface area contributed by atoms with Crippen LogP contribution in [-0.2, 0) is 0 Å². The van der Waals surface area contributed by atoms with Crippen LogP contribution in [0.3, 0.4) is 0 Å². The van der Waals surface area contributed by atoms with Crippen LogP contribution in [0.2, 0.25) is 0 Å². The predicted octanol–water partition coefficient (Wildman–Crippen LogP) is 2.65. The van der Waals surface area contributed by atoms with Crippen molar-refractivity contribution >= 4 is 27.5 Å². The Labute approximate surface area is 112 Å². The van der Waals surface area contributed by atoms with Gasteiger partial charge in [-0.3, -0.25) is 4.79 Å². The molecule has 0 radical (unpaired) electrons. The molecule has 0 aromatic heterocycles. The lowest BCUT2D eigenvalue weighted by molar-refractivity contribution is 0.0749. The molecule has 6 heteroatoms. The van der Waals surface area contributed by atoms with E-state index in [0.717, 1.165) is 0 Å². The summed E-state index contributed by atoms with van der Waals surface area (Å²) in [5, 5.41) is 11.8. The van der Waals surface area contributed by atoms with Gasteiger partial charge in [0.05, 0.1) is 15.7 Å². The van der Waals surface area contributed by atoms with Crippen LogP contribution in [0.1, 0.15) is 23.2 Å². The molecular weight excluding hydrogens is 303 g/mol. The number of benzene rings is 1. The second-order valence-corrected chi connectivity index (χ2v) is 4.91. The van der Waals surface area contributed by atoms with Crippen molar-refractivity contribution in [1.82, 2.24) is 4.90 Å². The molecule has 0 unspecified atom stereocenters. The fraction of sp³-hybridized carbons (Fsp3) is 0.333. The Morgan fingerprint density at radius 1 is 1.39 bits per heavy atom. The number of likely N-dealkylation sites (tertiary alicyclic amines) is 1. The highest BCUT2D eigenvalue weighted by atomic mass is 79.9. The molecule has 96 valence electrons. The van der Waals surface area contributed by atoms with Crippen LogP contribution < -0.4 is 0 Å². The van der Waals surface area contributed by atoms with E-state index in [4.69, 9.17) is 5.21 Å². The smallest absolute Gasteiger partial charge is 0.256 e. The molecule has 1 fully saturated rings. The summed E-state index contributed by atoms with van der Waals surface area (Å²) in [4.78, 5) is 13.7. The summed E-state index contributed by atoms with van der Waals surface area (Å²) >= 11 is 3.06. The molecule has 0 spiro atoms. The normalized spacial score (nSPS) is 15.7. The van der Waals surface area contributed by atoms with Crippen LogP contribution in [0.5, 0.6) is 0 Å². The largest absolute Gasteiger partial charge is 0.411 e. The third kappa shape index (κ3) is 2.53. The van der Waals surface area contributed by atoms with Gasteiger partial charge in [0, 0.05) is 25.9 Å². The number of oxime groups is 1. The van der Waals surface area contributed by atoms with E-state index in [2.05, 4.69) is 21.1 Å². The number of nitrogens with zero attached hydrogens (tertiary/aromatic N) is 2. The number of hydrogen-bond acceptors (Lipinski definition) is 3. The summed E-state index contributed by atoms with van der Waals surface area (Å²) in [7, 11) is 0. The first-order valence-corrected chi connectivity index (χ1v) is 6.36. The minimum atomic E-state index is -0.538. The molecule has 1 amide bonds. The lowest BCUT2D eigenvalue weighted by Crippen LogP contribution is -2.39. The second kappa shape index (κ2) is 5.48. The fourth-order valence-corrected chi connectivity index (χ4v) is 2.27. The highest BCUT2D eigenvalue weighted by Crippen LogP contribution is 2.21. The van der Waals surface area contributed by atoms with Gasteiger partial charge in [0.2, 0.25) is 0 Å². The van der Waals surface area contributed by atoms with E-state index in [0.29, 0.717) is 31.6 Å². The van der Waals surface area contributed by atoms with E-state index in [1.54, 1.807) is 17.0 Å². The van der Waals surface area contributed by atoms with E-state index < -0.39 is 5.82 Å². The Morgan fingerprint density at radius 2 is 2.06 bits per heavy atom. The lowest BCUT2D eigenvalue weighted by atomic mass is 10.1. The lowest BCUT2D eigenvalue weighted by Gasteiger charge is -2.27. The van der Waals surface area contributed by atoms with Gasteiger partial charge >= 0.3 is 0 Å². The maximum atomic E-state index is 13.8. The van der Waals surface area contributed by atoms with Gasteiger partial charge in [-0.1, -0.05) is 11.2 Å². The van der Waals surface area contributed by atoms with E-state index in [1.807, 2.05) is 0 Å². The summed E-state index contributed by atoms with van der Waals surface area (Å²) in [6, 6.07) is 4.65. The van der Waals surface area contributed by atoms with Crippen molar-refractivity contribution < 1.29 is 14.4 Å². The summed E-state index contributed by atoms with van der Waals surface area (Å²) in [5.74, 6) is -0.866. The average Bonchev–Trinajstić information content (AvgIpc) is 2.41. The second-order valence-electron chi connectivity index (χ2n) is 4.06. The van der Waals surface area contributed by atoms with Crippen LogP contribution in [0.15, 0.2) is 27.8 Å². The number of amides is 1. The molecule has 0 aliphatic carbocycles. The molecule has 1 aromatic rings. The van der Waals surface area contributed by atoms with Gasteiger partial charge in [-0.05, 0) is 28.1 Å². The molecule has 18 heavy (non-hydrogen) atoms. The fourth-order valence-electron chi connectivity index (χ4n) is 1.91. The van der Waals surface area contributed by atoms with Crippen LogP contribution in [-0.4, -0.2) is 34.8 Å². The van der Waals surface area contributed by atoms with Gasteiger partial charge in [0.1, 0.15) is 5.82 Å². The number of carbonyl (C=O) groups excluding carboxylic acids is 1. The molecule has 1 N–H and O–H groups in total. The van der Waals surface area contributed by atoms with Crippen molar-refractivity contribution in [1.29, 1.82) is 0 Å². The summed E-state index contributed by atoms with van der Waals surface area (Å²) in [5.41, 5.74) is 0.738. The first kappa shape index (κ1) is 13.0. The SMILES string of the molecule is O=C(c1cccc(Br)c1F)N1CCC(=NO)CC1. The van der Waals surface area contributed by atoms with E-state index in [-0.39, 0.29) is 15.9 Å².